The molecule has 27 heavy (non-hydrogen) atoms. The first-order valence-corrected chi connectivity index (χ1v) is 9.88. The predicted octanol–water partition coefficient (Wildman–Crippen LogP) is 3.81. The molecule has 2 aromatic carbocycles. The topological polar surface area (TPSA) is 41.7 Å². The smallest absolute Gasteiger partial charge is 0.180 e. The van der Waals surface area contributed by atoms with Crippen molar-refractivity contribution in [2.45, 2.75) is 18.9 Å². The van der Waals surface area contributed by atoms with Crippen molar-refractivity contribution in [3.8, 4) is 5.75 Å². The van der Waals surface area contributed by atoms with E-state index in [0.29, 0.717) is 12.0 Å². The molecule has 3 aromatic rings. The van der Waals surface area contributed by atoms with Gasteiger partial charge in [0, 0.05) is 38.1 Å². The first-order valence-electron chi connectivity index (χ1n) is 9.88. The molecule has 5 nitrogen and oxygen atoms in total. The van der Waals surface area contributed by atoms with Crippen molar-refractivity contribution >= 4 is 16.8 Å². The molecule has 0 radical (unpaired) electrons. The highest BCUT2D eigenvalue weighted by molar-refractivity contribution is 5.88. The summed E-state index contributed by atoms with van der Waals surface area (Å²) in [5.41, 5.74) is 0.872. The van der Waals surface area contributed by atoms with Crippen molar-refractivity contribution in [2.24, 2.45) is 5.92 Å². The molecule has 1 aromatic heterocycles. The molecular formula is C22H25N3O2. The normalized spacial score (nSPS) is 23.3. The van der Waals surface area contributed by atoms with Gasteiger partial charge in [0.15, 0.2) is 11.4 Å². The quantitative estimate of drug-likeness (QED) is 0.705. The van der Waals surface area contributed by atoms with E-state index in [1.807, 2.05) is 42.5 Å². The molecule has 0 spiro atoms. The molecular weight excluding hydrogens is 338 g/mol. The molecule has 2 saturated heterocycles. The number of ether oxygens (including phenoxy) is 1. The second kappa shape index (κ2) is 7.24. The van der Waals surface area contributed by atoms with Crippen LogP contribution in [0.1, 0.15) is 12.8 Å². The van der Waals surface area contributed by atoms with Crippen LogP contribution in [0.15, 0.2) is 59.1 Å². The monoisotopic (exact) mass is 363 g/mol. The molecule has 3 heterocycles. The van der Waals surface area contributed by atoms with Gasteiger partial charge < -0.3 is 14.2 Å². The highest BCUT2D eigenvalue weighted by Gasteiger charge is 2.34. The van der Waals surface area contributed by atoms with Crippen LogP contribution < -0.4 is 9.64 Å². The van der Waals surface area contributed by atoms with Gasteiger partial charge in [-0.05, 0) is 37.1 Å². The minimum Gasteiger partial charge on any atom is -0.493 e. The number of hydrogen-bond acceptors (Lipinski definition) is 5. The van der Waals surface area contributed by atoms with Crippen LogP contribution in [-0.4, -0.2) is 48.9 Å². The molecule has 0 N–H and O–H groups in total. The molecule has 5 heteroatoms. The maximum Gasteiger partial charge on any atom is 0.180 e. The van der Waals surface area contributed by atoms with Gasteiger partial charge in [0.25, 0.3) is 0 Å². The fourth-order valence-corrected chi connectivity index (χ4v) is 4.42. The molecule has 0 bridgehead atoms. The number of anilines is 1. The molecule has 2 aliphatic heterocycles. The maximum absolute atomic E-state index is 5.99. The van der Waals surface area contributed by atoms with Gasteiger partial charge in [-0.2, -0.15) is 0 Å². The minimum atomic E-state index is 0.599. The minimum absolute atomic E-state index is 0.599. The van der Waals surface area contributed by atoms with E-state index in [9.17, 15) is 0 Å². The van der Waals surface area contributed by atoms with Gasteiger partial charge in [0.05, 0.1) is 12.0 Å². The Morgan fingerprint density at radius 3 is 2.74 bits per heavy atom. The van der Waals surface area contributed by atoms with Crippen molar-refractivity contribution < 1.29 is 9.26 Å². The second-order valence-corrected chi connectivity index (χ2v) is 7.66. The van der Waals surface area contributed by atoms with Gasteiger partial charge in [0.2, 0.25) is 0 Å². The molecule has 0 saturated carbocycles. The molecule has 140 valence electrons. The summed E-state index contributed by atoms with van der Waals surface area (Å²) < 4.78 is 11.5. The third kappa shape index (κ3) is 3.39. The zero-order chi connectivity index (χ0) is 18.1. The summed E-state index contributed by atoms with van der Waals surface area (Å²) in [7, 11) is 0. The summed E-state index contributed by atoms with van der Waals surface area (Å²) in [6.45, 7) is 5.05. The van der Waals surface area contributed by atoms with E-state index in [4.69, 9.17) is 9.26 Å². The summed E-state index contributed by atoms with van der Waals surface area (Å²) >= 11 is 0. The van der Waals surface area contributed by atoms with Crippen LogP contribution >= 0.6 is 0 Å². The van der Waals surface area contributed by atoms with Crippen LogP contribution in [-0.2, 0) is 0 Å². The van der Waals surface area contributed by atoms with Gasteiger partial charge in [0.1, 0.15) is 5.75 Å². The Bertz CT molecular complexity index is 895. The van der Waals surface area contributed by atoms with Crippen molar-refractivity contribution in [2.75, 3.05) is 37.7 Å². The first-order chi connectivity index (χ1) is 13.4. The molecule has 0 amide bonds. The highest BCUT2D eigenvalue weighted by atomic mass is 16.5. The lowest BCUT2D eigenvalue weighted by molar-refractivity contribution is 0.0727. The highest BCUT2D eigenvalue weighted by Crippen LogP contribution is 2.31. The van der Waals surface area contributed by atoms with Gasteiger partial charge in [-0.15, -0.1) is 0 Å². The lowest BCUT2D eigenvalue weighted by Gasteiger charge is -2.46. The average molecular weight is 363 g/mol. The Labute approximate surface area is 159 Å². The Balaban J connectivity index is 1.20. The summed E-state index contributed by atoms with van der Waals surface area (Å²) in [5.74, 6) is 2.59. The molecule has 5 rings (SSSR count). The summed E-state index contributed by atoms with van der Waals surface area (Å²) in [5, 5.41) is 5.47. The number of fused-ring (bicyclic) bond motifs is 2. The Hall–Kier alpha value is -2.53. The Morgan fingerprint density at radius 2 is 1.81 bits per heavy atom. The van der Waals surface area contributed by atoms with Gasteiger partial charge in [-0.25, -0.2) is 0 Å². The van der Waals surface area contributed by atoms with E-state index in [1.54, 1.807) is 0 Å². The van der Waals surface area contributed by atoms with Crippen LogP contribution in [0.3, 0.4) is 0 Å². The average Bonchev–Trinajstić information content (AvgIpc) is 3.17. The third-order valence-electron chi connectivity index (χ3n) is 5.89. The fraction of sp³-hybridized carbons (Fsp3) is 0.409. The van der Waals surface area contributed by atoms with Crippen molar-refractivity contribution in [1.29, 1.82) is 0 Å². The van der Waals surface area contributed by atoms with E-state index in [0.717, 1.165) is 55.3 Å². The van der Waals surface area contributed by atoms with Crippen LogP contribution in [0.2, 0.25) is 0 Å². The van der Waals surface area contributed by atoms with E-state index in [-0.39, 0.29) is 0 Å². The Morgan fingerprint density at radius 1 is 0.963 bits per heavy atom. The number of rotatable bonds is 4. The standard InChI is InChI=1S/C22H25N3O2/c1-2-6-19(7-3-1)26-16-17-10-11-18-15-25(13-12-24(18)14-17)22-20-8-4-5-9-21(20)27-23-22/h1-9,17-18H,10-16H2/t17?,18-/m0/s1. The molecule has 2 atom stereocenters. The number of piperidine rings is 1. The lowest BCUT2D eigenvalue weighted by atomic mass is 9.91. The number of piperazine rings is 1. The van der Waals surface area contributed by atoms with Gasteiger partial charge in [-0.3, -0.25) is 4.90 Å². The van der Waals surface area contributed by atoms with E-state index >= 15 is 0 Å². The second-order valence-electron chi connectivity index (χ2n) is 7.66. The fourth-order valence-electron chi connectivity index (χ4n) is 4.42. The van der Waals surface area contributed by atoms with Gasteiger partial charge in [-0.1, -0.05) is 35.5 Å². The lowest BCUT2D eigenvalue weighted by Crippen LogP contribution is -2.57. The summed E-state index contributed by atoms with van der Waals surface area (Å²) in [4.78, 5) is 5.04. The maximum atomic E-state index is 5.99. The molecule has 2 fully saturated rings. The molecule has 0 aliphatic carbocycles. The van der Waals surface area contributed by atoms with E-state index in [1.165, 1.54) is 12.8 Å². The largest absolute Gasteiger partial charge is 0.493 e. The number of aromatic nitrogens is 1. The summed E-state index contributed by atoms with van der Waals surface area (Å²) in [6.07, 6.45) is 2.44. The predicted molar refractivity (Wildman–Crippen MR) is 106 cm³/mol. The van der Waals surface area contributed by atoms with E-state index < -0.39 is 0 Å². The van der Waals surface area contributed by atoms with Crippen LogP contribution in [0, 0.1) is 5.92 Å². The first kappa shape index (κ1) is 16.6. The third-order valence-corrected chi connectivity index (χ3v) is 5.89. The van der Waals surface area contributed by atoms with E-state index in [2.05, 4.69) is 27.1 Å². The number of nitrogens with zero attached hydrogens (tertiary/aromatic N) is 3. The SMILES string of the molecule is c1ccc(OCC2CC[C@H]3CN(c4noc5ccccc45)CCN3C2)cc1. The van der Waals surface area contributed by atoms with Gasteiger partial charge >= 0.3 is 0 Å². The van der Waals surface area contributed by atoms with Crippen molar-refractivity contribution in [3.63, 3.8) is 0 Å². The number of para-hydroxylation sites is 2. The van der Waals surface area contributed by atoms with Crippen LogP contribution in [0.5, 0.6) is 5.75 Å². The Kier molecular flexibility index (Phi) is 4.46. The number of hydrogen-bond donors (Lipinski definition) is 0. The zero-order valence-electron chi connectivity index (χ0n) is 15.5. The number of benzene rings is 2. The van der Waals surface area contributed by atoms with Crippen molar-refractivity contribution in [1.82, 2.24) is 10.1 Å². The molecule has 1 unspecified atom stereocenters. The van der Waals surface area contributed by atoms with Crippen LogP contribution in [0.4, 0.5) is 5.82 Å². The van der Waals surface area contributed by atoms with Crippen LogP contribution in [0.25, 0.3) is 11.0 Å². The van der Waals surface area contributed by atoms with Crippen molar-refractivity contribution in [3.05, 3.63) is 54.6 Å². The summed E-state index contributed by atoms with van der Waals surface area (Å²) in [6, 6.07) is 18.9. The molecule has 2 aliphatic rings. The zero-order valence-corrected chi connectivity index (χ0v) is 15.5.